The number of aromatic nitrogens is 3. The molecule has 0 aliphatic carbocycles. The standard InChI is InChI=1S/C23H20N4O2S/c28-21(24-20-9-5-2-6-10-20)19-13-11-18(12-14-19)16-30-23-26-25-22(29)27(23)15-17-7-3-1-4-8-17/h1-14H,15-16H2,(H,24,28)(H,25,29). The van der Waals surface area contributed by atoms with Crippen LogP contribution in [0, 0.1) is 0 Å². The first-order chi connectivity index (χ1) is 14.7. The summed E-state index contributed by atoms with van der Waals surface area (Å²) in [5, 5.41) is 10.2. The number of nitrogens with one attached hydrogen (secondary N) is 2. The number of carbonyl (C=O) groups excluding carboxylic acids is 1. The van der Waals surface area contributed by atoms with Crippen LogP contribution in [-0.2, 0) is 12.3 Å². The fourth-order valence-electron chi connectivity index (χ4n) is 2.94. The summed E-state index contributed by atoms with van der Waals surface area (Å²) >= 11 is 1.48. The first-order valence-corrected chi connectivity index (χ1v) is 10.4. The lowest BCUT2D eigenvalue weighted by atomic mass is 10.1. The Kier molecular flexibility index (Phi) is 6.10. The van der Waals surface area contributed by atoms with Gasteiger partial charge in [-0.25, -0.2) is 9.89 Å². The number of para-hydroxylation sites is 1. The van der Waals surface area contributed by atoms with Crippen molar-refractivity contribution >= 4 is 23.4 Å². The Morgan fingerprint density at radius 1 is 0.900 bits per heavy atom. The Bertz CT molecular complexity index is 1170. The van der Waals surface area contributed by atoms with E-state index in [4.69, 9.17) is 0 Å². The average molecular weight is 417 g/mol. The van der Waals surface area contributed by atoms with E-state index in [1.807, 2.05) is 72.8 Å². The van der Waals surface area contributed by atoms with Crippen LogP contribution in [-0.4, -0.2) is 20.7 Å². The van der Waals surface area contributed by atoms with Gasteiger partial charge in [0.15, 0.2) is 5.16 Å². The zero-order valence-corrected chi connectivity index (χ0v) is 16.9. The van der Waals surface area contributed by atoms with E-state index in [-0.39, 0.29) is 11.6 Å². The lowest BCUT2D eigenvalue weighted by Crippen LogP contribution is -2.18. The highest BCUT2D eigenvalue weighted by atomic mass is 32.2. The van der Waals surface area contributed by atoms with Crippen LogP contribution in [0.15, 0.2) is 94.9 Å². The molecule has 0 fully saturated rings. The molecule has 0 unspecified atom stereocenters. The molecule has 3 aromatic carbocycles. The Morgan fingerprint density at radius 3 is 2.27 bits per heavy atom. The third-order valence-electron chi connectivity index (χ3n) is 4.52. The van der Waals surface area contributed by atoms with Crippen LogP contribution in [0.25, 0.3) is 0 Å². The van der Waals surface area contributed by atoms with Gasteiger partial charge in [0.1, 0.15) is 0 Å². The molecule has 0 aliphatic rings. The van der Waals surface area contributed by atoms with Gasteiger partial charge in [-0.2, -0.15) is 0 Å². The highest BCUT2D eigenvalue weighted by Crippen LogP contribution is 2.21. The topological polar surface area (TPSA) is 79.8 Å². The number of rotatable bonds is 7. The molecule has 0 spiro atoms. The Hall–Kier alpha value is -3.58. The largest absolute Gasteiger partial charge is 0.344 e. The normalized spacial score (nSPS) is 10.7. The summed E-state index contributed by atoms with van der Waals surface area (Å²) in [6.07, 6.45) is 0. The van der Waals surface area contributed by atoms with E-state index in [2.05, 4.69) is 15.5 Å². The summed E-state index contributed by atoms with van der Waals surface area (Å²) < 4.78 is 1.63. The number of nitrogens with zero attached hydrogens (tertiary/aromatic N) is 2. The highest BCUT2D eigenvalue weighted by Gasteiger charge is 2.11. The van der Waals surface area contributed by atoms with Gasteiger partial charge in [-0.1, -0.05) is 72.4 Å². The number of anilines is 1. The van der Waals surface area contributed by atoms with Crippen LogP contribution in [0.3, 0.4) is 0 Å². The summed E-state index contributed by atoms with van der Waals surface area (Å²) in [5.41, 5.74) is 3.20. The van der Waals surface area contributed by atoms with Crippen molar-refractivity contribution in [3.63, 3.8) is 0 Å². The van der Waals surface area contributed by atoms with Gasteiger partial charge < -0.3 is 5.32 Å². The number of hydrogen-bond donors (Lipinski definition) is 2. The molecule has 0 saturated carbocycles. The third-order valence-corrected chi connectivity index (χ3v) is 5.57. The molecule has 150 valence electrons. The predicted octanol–water partition coefficient (Wildman–Crippen LogP) is 4.16. The van der Waals surface area contributed by atoms with Crippen LogP contribution in [0.1, 0.15) is 21.5 Å². The van der Waals surface area contributed by atoms with E-state index in [1.165, 1.54) is 11.8 Å². The molecule has 0 saturated heterocycles. The van der Waals surface area contributed by atoms with Gasteiger partial charge in [-0.3, -0.25) is 9.36 Å². The maximum Gasteiger partial charge on any atom is 0.344 e. The van der Waals surface area contributed by atoms with E-state index in [0.717, 1.165) is 16.8 Å². The summed E-state index contributed by atoms with van der Waals surface area (Å²) in [6, 6.07) is 26.6. The number of aromatic amines is 1. The molecular formula is C23H20N4O2S. The van der Waals surface area contributed by atoms with Gasteiger partial charge in [0.05, 0.1) is 6.54 Å². The zero-order valence-electron chi connectivity index (χ0n) is 16.1. The summed E-state index contributed by atoms with van der Waals surface area (Å²) in [7, 11) is 0. The Labute approximate surface area is 178 Å². The minimum Gasteiger partial charge on any atom is -0.322 e. The van der Waals surface area contributed by atoms with Gasteiger partial charge in [0.2, 0.25) is 0 Å². The van der Waals surface area contributed by atoms with Gasteiger partial charge >= 0.3 is 5.69 Å². The van der Waals surface area contributed by atoms with Crippen molar-refractivity contribution in [1.29, 1.82) is 0 Å². The minimum atomic E-state index is -0.228. The van der Waals surface area contributed by atoms with Gasteiger partial charge in [0, 0.05) is 17.0 Å². The van der Waals surface area contributed by atoms with E-state index >= 15 is 0 Å². The lowest BCUT2D eigenvalue weighted by molar-refractivity contribution is 0.102. The molecule has 0 radical (unpaired) electrons. The van der Waals surface area contributed by atoms with Crippen LogP contribution in [0.5, 0.6) is 0 Å². The predicted molar refractivity (Wildman–Crippen MR) is 119 cm³/mol. The van der Waals surface area contributed by atoms with Crippen molar-refractivity contribution in [2.24, 2.45) is 0 Å². The molecule has 4 rings (SSSR count). The minimum absolute atomic E-state index is 0.149. The molecule has 2 N–H and O–H groups in total. The second-order valence-corrected chi connectivity index (χ2v) is 7.63. The van der Waals surface area contributed by atoms with E-state index in [0.29, 0.717) is 23.0 Å². The van der Waals surface area contributed by atoms with Gasteiger partial charge in [-0.05, 0) is 35.4 Å². The Balaban J connectivity index is 1.39. The van der Waals surface area contributed by atoms with Crippen LogP contribution in [0.2, 0.25) is 0 Å². The molecular weight excluding hydrogens is 396 g/mol. The molecule has 1 amide bonds. The number of H-pyrrole nitrogens is 1. The van der Waals surface area contributed by atoms with E-state index in [9.17, 15) is 9.59 Å². The average Bonchev–Trinajstić information content (AvgIpc) is 3.13. The fraction of sp³-hybridized carbons (Fsp3) is 0.0870. The molecule has 0 aliphatic heterocycles. The quantitative estimate of drug-likeness (QED) is 0.443. The third kappa shape index (κ3) is 4.87. The number of thioether (sulfide) groups is 1. The van der Waals surface area contributed by atoms with Crippen LogP contribution >= 0.6 is 11.8 Å². The van der Waals surface area contributed by atoms with Crippen molar-refractivity contribution in [2.45, 2.75) is 17.5 Å². The second-order valence-electron chi connectivity index (χ2n) is 6.69. The lowest BCUT2D eigenvalue weighted by Gasteiger charge is -2.07. The van der Waals surface area contributed by atoms with Crippen molar-refractivity contribution in [3.8, 4) is 0 Å². The molecule has 6 nitrogen and oxygen atoms in total. The van der Waals surface area contributed by atoms with E-state index in [1.54, 1.807) is 16.7 Å². The zero-order chi connectivity index (χ0) is 20.8. The maximum absolute atomic E-state index is 12.4. The molecule has 4 aromatic rings. The summed E-state index contributed by atoms with van der Waals surface area (Å²) in [5.74, 6) is 0.490. The van der Waals surface area contributed by atoms with Crippen molar-refractivity contribution in [1.82, 2.24) is 14.8 Å². The van der Waals surface area contributed by atoms with Crippen LogP contribution in [0.4, 0.5) is 5.69 Å². The Morgan fingerprint density at radius 2 is 1.57 bits per heavy atom. The monoisotopic (exact) mass is 416 g/mol. The first kappa shape index (κ1) is 19.7. The molecule has 0 atom stereocenters. The first-order valence-electron chi connectivity index (χ1n) is 9.46. The summed E-state index contributed by atoms with van der Waals surface area (Å²) in [4.78, 5) is 24.5. The fourth-order valence-corrected chi connectivity index (χ4v) is 3.85. The molecule has 7 heteroatoms. The highest BCUT2D eigenvalue weighted by molar-refractivity contribution is 7.98. The molecule has 30 heavy (non-hydrogen) atoms. The van der Waals surface area contributed by atoms with Crippen molar-refractivity contribution < 1.29 is 4.79 Å². The van der Waals surface area contributed by atoms with Crippen LogP contribution < -0.4 is 11.0 Å². The smallest absolute Gasteiger partial charge is 0.322 e. The van der Waals surface area contributed by atoms with Crippen molar-refractivity contribution in [3.05, 3.63) is 112 Å². The maximum atomic E-state index is 12.4. The number of benzene rings is 3. The SMILES string of the molecule is O=C(Nc1ccccc1)c1ccc(CSc2n[nH]c(=O)n2Cc2ccccc2)cc1. The van der Waals surface area contributed by atoms with Gasteiger partial charge in [-0.15, -0.1) is 5.10 Å². The summed E-state index contributed by atoms with van der Waals surface area (Å²) in [6.45, 7) is 0.469. The molecule has 0 bridgehead atoms. The number of carbonyl (C=O) groups is 1. The van der Waals surface area contributed by atoms with E-state index < -0.39 is 0 Å². The number of hydrogen-bond acceptors (Lipinski definition) is 4. The number of amides is 1. The van der Waals surface area contributed by atoms with Gasteiger partial charge in [0.25, 0.3) is 5.91 Å². The molecule has 1 aromatic heterocycles. The van der Waals surface area contributed by atoms with Crippen molar-refractivity contribution in [2.75, 3.05) is 5.32 Å². The molecule has 1 heterocycles. The second kappa shape index (κ2) is 9.28.